The van der Waals surface area contributed by atoms with Gasteiger partial charge in [-0.05, 0) is 6.07 Å². The number of aryl methyl sites for hydroxylation is 1. The average Bonchev–Trinajstić information content (AvgIpc) is 3.24. The Kier molecular flexibility index (Phi) is 6.21. The van der Waals surface area contributed by atoms with Crippen LogP contribution in [0.1, 0.15) is 26.6 Å². The van der Waals surface area contributed by atoms with Gasteiger partial charge in [0.15, 0.2) is 17.8 Å². The monoisotopic (exact) mass is 429 g/mol. The summed E-state index contributed by atoms with van der Waals surface area (Å²) in [5, 5.41) is 14.2. The molecule has 3 rings (SSSR count). The van der Waals surface area contributed by atoms with E-state index >= 15 is 0 Å². The number of hydrogen-bond donors (Lipinski definition) is 3. The van der Waals surface area contributed by atoms with Crippen molar-refractivity contribution in [1.82, 2.24) is 19.5 Å². The highest BCUT2D eigenvalue weighted by atomic mass is 32.1. The van der Waals surface area contributed by atoms with Crippen LogP contribution < -0.4 is 11.3 Å². The van der Waals surface area contributed by atoms with Crippen LogP contribution in [0.15, 0.2) is 40.3 Å². The number of nitrogens with one attached hydrogen (secondary N) is 2. The van der Waals surface area contributed by atoms with Gasteiger partial charge in [-0.3, -0.25) is 14.6 Å². The number of aromatic nitrogens is 3. The van der Waals surface area contributed by atoms with Crippen molar-refractivity contribution in [3.63, 3.8) is 0 Å². The summed E-state index contributed by atoms with van der Waals surface area (Å²) >= 11 is 1.26. The van der Waals surface area contributed by atoms with Crippen molar-refractivity contribution in [2.45, 2.75) is 13.0 Å². The molecule has 3 aromatic rings. The summed E-state index contributed by atoms with van der Waals surface area (Å²) in [6.45, 7) is 0.287. The van der Waals surface area contributed by atoms with Crippen LogP contribution in [0.4, 0.5) is 4.39 Å². The van der Waals surface area contributed by atoms with E-state index in [0.717, 1.165) is 12.5 Å². The molecule has 156 valence electrons. The minimum absolute atomic E-state index is 0.0113. The Morgan fingerprint density at radius 3 is 2.97 bits per heavy atom. The second-order valence-corrected chi connectivity index (χ2v) is 7.57. The first kappa shape index (κ1) is 21.1. The second-order valence-electron chi connectivity index (χ2n) is 6.49. The van der Waals surface area contributed by atoms with E-state index in [0.29, 0.717) is 32.2 Å². The summed E-state index contributed by atoms with van der Waals surface area (Å²) in [6.07, 6.45) is 4.55. The van der Waals surface area contributed by atoms with Crippen molar-refractivity contribution in [3.8, 4) is 0 Å². The van der Waals surface area contributed by atoms with E-state index in [1.807, 2.05) is 0 Å². The van der Waals surface area contributed by atoms with Gasteiger partial charge in [-0.25, -0.2) is 9.37 Å². The summed E-state index contributed by atoms with van der Waals surface area (Å²) in [6, 6.07) is 3.44. The van der Waals surface area contributed by atoms with Crippen molar-refractivity contribution in [1.29, 1.82) is 5.41 Å². The number of nitrogens with two attached hydrogens (primary N) is 1. The number of fused-ring (bicyclic) bond motifs is 1. The fraction of sp³-hybridized carbons (Fsp3) is 0.211. The van der Waals surface area contributed by atoms with Crippen molar-refractivity contribution in [3.05, 3.63) is 62.5 Å². The number of aromatic amines is 1. The zero-order chi connectivity index (χ0) is 21.8. The molecule has 30 heavy (non-hydrogen) atoms. The predicted molar refractivity (Wildman–Crippen MR) is 115 cm³/mol. The zero-order valence-electron chi connectivity index (χ0n) is 16.3. The van der Waals surface area contributed by atoms with Crippen LogP contribution in [0.2, 0.25) is 0 Å². The molecule has 0 fully saturated rings. The summed E-state index contributed by atoms with van der Waals surface area (Å²) in [7, 11) is 3.41. The first-order chi connectivity index (χ1) is 14.3. The van der Waals surface area contributed by atoms with Crippen LogP contribution in [0.25, 0.3) is 10.3 Å². The van der Waals surface area contributed by atoms with Gasteiger partial charge in [-0.1, -0.05) is 6.07 Å². The third kappa shape index (κ3) is 4.20. The lowest BCUT2D eigenvalue weighted by molar-refractivity contribution is 0.111. The minimum atomic E-state index is -0.804. The number of nitrogens with zero attached hydrogens (tertiary/aromatic N) is 4. The quantitative estimate of drug-likeness (QED) is 0.286. The van der Waals surface area contributed by atoms with E-state index in [4.69, 9.17) is 11.1 Å². The summed E-state index contributed by atoms with van der Waals surface area (Å²) in [5.74, 6) is -0.804. The van der Waals surface area contributed by atoms with Gasteiger partial charge >= 0.3 is 0 Å². The van der Waals surface area contributed by atoms with Crippen LogP contribution in [0.5, 0.6) is 0 Å². The molecule has 0 aliphatic carbocycles. The molecule has 3 aromatic heterocycles. The number of aldehydes is 1. The molecular formula is C19H20FN7O2S. The Hall–Kier alpha value is -3.60. The molecule has 0 aliphatic heterocycles. The van der Waals surface area contributed by atoms with Crippen molar-refractivity contribution in [2.75, 3.05) is 7.05 Å². The minimum Gasteiger partial charge on any atom is -0.402 e. The van der Waals surface area contributed by atoms with Gasteiger partial charge in [0.1, 0.15) is 5.01 Å². The van der Waals surface area contributed by atoms with Crippen LogP contribution in [0.3, 0.4) is 0 Å². The number of hydrazone groups is 1. The highest BCUT2D eigenvalue weighted by molar-refractivity contribution is 7.19. The number of allylic oxidation sites excluding steroid dienone is 1. The molecule has 0 atom stereocenters. The summed E-state index contributed by atoms with van der Waals surface area (Å²) < 4.78 is 15.8. The highest BCUT2D eigenvalue weighted by Gasteiger charge is 2.19. The maximum atomic E-state index is 13.5. The van der Waals surface area contributed by atoms with Gasteiger partial charge in [0.05, 0.1) is 28.9 Å². The Morgan fingerprint density at radius 2 is 2.30 bits per heavy atom. The van der Waals surface area contributed by atoms with E-state index in [-0.39, 0.29) is 24.2 Å². The zero-order valence-corrected chi connectivity index (χ0v) is 17.2. The molecule has 0 saturated carbocycles. The molecule has 0 aliphatic rings. The van der Waals surface area contributed by atoms with E-state index in [2.05, 4.69) is 15.1 Å². The normalized spacial score (nSPS) is 12.0. The van der Waals surface area contributed by atoms with Gasteiger partial charge in [0.2, 0.25) is 0 Å². The number of thiazole rings is 1. The molecule has 9 nitrogen and oxygen atoms in total. The fourth-order valence-corrected chi connectivity index (χ4v) is 4.00. The maximum Gasteiger partial charge on any atom is 0.252 e. The Balaban J connectivity index is 1.91. The third-order valence-electron chi connectivity index (χ3n) is 4.41. The van der Waals surface area contributed by atoms with Crippen LogP contribution in [-0.2, 0) is 20.0 Å². The van der Waals surface area contributed by atoms with Gasteiger partial charge in [-0.2, -0.15) is 5.10 Å². The topological polar surface area (TPSA) is 133 Å². The molecule has 0 radical (unpaired) electrons. The molecule has 4 N–H and O–H groups in total. The lowest BCUT2D eigenvalue weighted by atomic mass is 10.2. The Bertz CT molecular complexity index is 1220. The third-order valence-corrected chi connectivity index (χ3v) is 5.49. The smallest absolute Gasteiger partial charge is 0.252 e. The first-order valence-corrected chi connectivity index (χ1v) is 9.67. The van der Waals surface area contributed by atoms with Crippen molar-refractivity contribution >= 4 is 39.9 Å². The lowest BCUT2D eigenvalue weighted by Crippen LogP contribution is -2.19. The molecule has 0 saturated heterocycles. The number of H-pyrrole nitrogens is 1. The molecule has 0 aromatic carbocycles. The summed E-state index contributed by atoms with van der Waals surface area (Å²) in [5.41, 5.74) is 6.73. The molecule has 3 heterocycles. The standard InChI is InChI=1S/C19H20FN7O2S/c1-26(9-11-4-3-5-23-19(11)29)24-8-12-15(10-28)27(2)18-17(12)30-16(25-18)6-14(22)13(20)7-21/h3-5,7-8,10,22H,6,9,21H2,1-2H3,(H,23,29)/b13-7+,22-14?,24-8-. The number of rotatable bonds is 8. The lowest BCUT2D eigenvalue weighted by Gasteiger charge is -2.11. The second kappa shape index (κ2) is 8.82. The van der Waals surface area contributed by atoms with E-state index < -0.39 is 5.83 Å². The number of carbonyl (C=O) groups excluding carboxylic acids is 1. The van der Waals surface area contributed by atoms with E-state index in [1.165, 1.54) is 17.6 Å². The number of pyridine rings is 1. The SMILES string of the molecule is CN(Cc1ccc[nH]c1=O)/N=C\c1c(C=O)n(C)c2nc(CC(=N)/C(F)=C\N)sc12. The van der Waals surface area contributed by atoms with Gasteiger partial charge in [0, 0.05) is 44.0 Å². The Morgan fingerprint density at radius 1 is 1.53 bits per heavy atom. The van der Waals surface area contributed by atoms with Gasteiger partial charge in [-0.15, -0.1) is 11.3 Å². The van der Waals surface area contributed by atoms with Crippen molar-refractivity contribution < 1.29 is 9.18 Å². The molecule has 11 heteroatoms. The van der Waals surface area contributed by atoms with Crippen LogP contribution in [0, 0.1) is 5.41 Å². The summed E-state index contributed by atoms with van der Waals surface area (Å²) in [4.78, 5) is 30.5. The largest absolute Gasteiger partial charge is 0.402 e. The average molecular weight is 429 g/mol. The number of halogens is 1. The molecular weight excluding hydrogens is 409 g/mol. The van der Waals surface area contributed by atoms with E-state index in [9.17, 15) is 14.0 Å². The first-order valence-electron chi connectivity index (χ1n) is 8.85. The van der Waals surface area contributed by atoms with Crippen LogP contribution in [-0.4, -0.2) is 44.8 Å². The Labute approximate surface area is 174 Å². The predicted octanol–water partition coefficient (Wildman–Crippen LogP) is 1.93. The molecule has 0 bridgehead atoms. The van der Waals surface area contributed by atoms with Gasteiger partial charge in [0.25, 0.3) is 5.56 Å². The van der Waals surface area contributed by atoms with Crippen molar-refractivity contribution in [2.24, 2.45) is 17.9 Å². The molecule has 0 unspecified atom stereocenters. The fourth-order valence-electron chi connectivity index (χ4n) is 2.87. The maximum absolute atomic E-state index is 13.5. The van der Waals surface area contributed by atoms with Gasteiger partial charge < -0.3 is 20.7 Å². The molecule has 0 amide bonds. The molecule has 0 spiro atoms. The highest BCUT2D eigenvalue weighted by Crippen LogP contribution is 2.29. The van der Waals surface area contributed by atoms with E-state index in [1.54, 1.807) is 42.0 Å². The van der Waals surface area contributed by atoms with Crippen LogP contribution >= 0.6 is 11.3 Å². The number of hydrogen-bond acceptors (Lipinski definition) is 8. The number of carbonyl (C=O) groups is 1.